The van der Waals surface area contributed by atoms with E-state index in [1.807, 2.05) is 0 Å². The zero-order valence-electron chi connectivity index (χ0n) is 12.0. The van der Waals surface area contributed by atoms with Gasteiger partial charge in [0.25, 0.3) is 0 Å². The van der Waals surface area contributed by atoms with E-state index in [1.54, 1.807) is 6.07 Å². The Bertz CT molecular complexity index is 375. The summed E-state index contributed by atoms with van der Waals surface area (Å²) < 4.78 is 19.9. The zero-order chi connectivity index (χ0) is 14.4. The van der Waals surface area contributed by atoms with Crippen LogP contribution < -0.4 is 10.1 Å². The van der Waals surface area contributed by atoms with Gasteiger partial charge < -0.3 is 10.1 Å². The Balaban J connectivity index is 2.62. The van der Waals surface area contributed by atoms with Gasteiger partial charge in [0.05, 0.1) is 0 Å². The quantitative estimate of drug-likeness (QED) is 0.806. The average molecular weight is 332 g/mol. The van der Waals surface area contributed by atoms with Crippen molar-refractivity contribution >= 4 is 15.9 Å². The number of ether oxygens (including phenoxy) is 1. The summed E-state index contributed by atoms with van der Waals surface area (Å²) in [6.45, 7) is 10.3. The van der Waals surface area contributed by atoms with Crippen LogP contribution in [0.15, 0.2) is 22.7 Å². The van der Waals surface area contributed by atoms with Crippen LogP contribution in [0.5, 0.6) is 5.75 Å². The molecule has 0 amide bonds. The van der Waals surface area contributed by atoms with Crippen molar-refractivity contribution in [2.75, 3.05) is 13.1 Å². The number of benzene rings is 1. The molecule has 0 radical (unpaired) electrons. The third-order valence-electron chi connectivity index (χ3n) is 2.77. The smallest absolute Gasteiger partial charge is 0.128 e. The fourth-order valence-electron chi connectivity index (χ4n) is 1.70. The van der Waals surface area contributed by atoms with Crippen molar-refractivity contribution in [3.05, 3.63) is 28.5 Å². The third-order valence-corrected chi connectivity index (χ3v) is 3.22. The van der Waals surface area contributed by atoms with Crippen LogP contribution in [0.4, 0.5) is 4.39 Å². The molecule has 4 heteroatoms. The van der Waals surface area contributed by atoms with Crippen LogP contribution in [0.1, 0.15) is 27.7 Å². The molecule has 108 valence electrons. The van der Waals surface area contributed by atoms with Gasteiger partial charge in [-0.3, -0.25) is 0 Å². The summed E-state index contributed by atoms with van der Waals surface area (Å²) in [6, 6.07) is 4.64. The van der Waals surface area contributed by atoms with Crippen LogP contribution in [0.3, 0.4) is 0 Å². The Morgan fingerprint density at radius 2 is 1.84 bits per heavy atom. The Kier molecular flexibility index (Phi) is 6.80. The number of rotatable bonds is 7. The number of hydrogen-bond acceptors (Lipinski definition) is 2. The predicted molar refractivity (Wildman–Crippen MR) is 81.1 cm³/mol. The van der Waals surface area contributed by atoms with E-state index in [0.29, 0.717) is 22.1 Å². The van der Waals surface area contributed by atoms with Crippen molar-refractivity contribution < 1.29 is 9.13 Å². The van der Waals surface area contributed by atoms with E-state index < -0.39 is 0 Å². The molecule has 1 unspecified atom stereocenters. The largest absolute Gasteiger partial charge is 0.489 e. The highest BCUT2D eigenvalue weighted by atomic mass is 79.9. The minimum Gasteiger partial charge on any atom is -0.489 e. The molecule has 2 nitrogen and oxygen atoms in total. The molecule has 1 rings (SSSR count). The molecule has 19 heavy (non-hydrogen) atoms. The Labute approximate surface area is 123 Å². The van der Waals surface area contributed by atoms with Crippen molar-refractivity contribution in [2.45, 2.75) is 33.8 Å². The maximum absolute atomic E-state index is 13.3. The van der Waals surface area contributed by atoms with Crippen molar-refractivity contribution in [3.8, 4) is 5.75 Å². The molecule has 1 atom stereocenters. The maximum Gasteiger partial charge on any atom is 0.128 e. The van der Waals surface area contributed by atoms with E-state index in [-0.39, 0.29) is 11.9 Å². The lowest BCUT2D eigenvalue weighted by Crippen LogP contribution is -2.36. The third kappa shape index (κ3) is 6.39. The van der Waals surface area contributed by atoms with Gasteiger partial charge in [0.2, 0.25) is 0 Å². The topological polar surface area (TPSA) is 21.3 Å². The molecular formula is C15H23BrFNO. The van der Waals surface area contributed by atoms with E-state index >= 15 is 0 Å². The second kappa shape index (κ2) is 7.85. The lowest BCUT2D eigenvalue weighted by Gasteiger charge is -2.23. The molecule has 0 aliphatic heterocycles. The minimum atomic E-state index is -0.290. The molecule has 0 aliphatic carbocycles. The van der Waals surface area contributed by atoms with E-state index in [9.17, 15) is 4.39 Å². The van der Waals surface area contributed by atoms with E-state index in [4.69, 9.17) is 4.74 Å². The molecule has 1 aromatic rings. The summed E-state index contributed by atoms with van der Waals surface area (Å²) in [5.74, 6) is 1.25. The fraction of sp³-hybridized carbons (Fsp3) is 0.600. The monoisotopic (exact) mass is 331 g/mol. The first-order valence-electron chi connectivity index (χ1n) is 6.72. The van der Waals surface area contributed by atoms with Crippen molar-refractivity contribution in [3.63, 3.8) is 0 Å². The van der Waals surface area contributed by atoms with Gasteiger partial charge in [0.1, 0.15) is 17.7 Å². The second-order valence-corrected chi connectivity index (χ2v) is 6.47. The lowest BCUT2D eigenvalue weighted by atomic mass is 10.1. The van der Waals surface area contributed by atoms with Crippen LogP contribution in [0.25, 0.3) is 0 Å². The Morgan fingerprint density at radius 1 is 1.16 bits per heavy atom. The Morgan fingerprint density at radius 3 is 2.37 bits per heavy atom. The summed E-state index contributed by atoms with van der Waals surface area (Å²) in [5, 5.41) is 3.39. The molecule has 0 fully saturated rings. The molecule has 0 saturated heterocycles. The van der Waals surface area contributed by atoms with E-state index in [0.717, 1.165) is 13.1 Å². The second-order valence-electron chi connectivity index (χ2n) is 5.56. The normalized spacial score (nSPS) is 13.1. The summed E-state index contributed by atoms with van der Waals surface area (Å²) >= 11 is 3.28. The van der Waals surface area contributed by atoms with Gasteiger partial charge in [-0.2, -0.15) is 0 Å². The summed E-state index contributed by atoms with van der Waals surface area (Å²) in [7, 11) is 0. The van der Waals surface area contributed by atoms with Gasteiger partial charge in [-0.25, -0.2) is 4.39 Å². The van der Waals surface area contributed by atoms with Gasteiger partial charge in [-0.1, -0.05) is 43.6 Å². The standard InChI is InChI=1S/C15H23BrFNO/c1-10(2)8-18-9-15(11(3)4)19-14-6-12(16)5-13(17)7-14/h5-7,10-11,15,18H,8-9H2,1-4H3. The molecule has 1 aromatic carbocycles. The lowest BCUT2D eigenvalue weighted by molar-refractivity contribution is 0.147. The first-order valence-corrected chi connectivity index (χ1v) is 7.51. The van der Waals surface area contributed by atoms with Crippen molar-refractivity contribution in [2.24, 2.45) is 11.8 Å². The van der Waals surface area contributed by atoms with Crippen LogP contribution in [0, 0.1) is 17.7 Å². The van der Waals surface area contributed by atoms with Crippen molar-refractivity contribution in [1.82, 2.24) is 5.32 Å². The molecule has 0 saturated carbocycles. The molecule has 0 aliphatic rings. The number of nitrogens with one attached hydrogen (secondary N) is 1. The van der Waals surface area contributed by atoms with Gasteiger partial charge in [0, 0.05) is 17.1 Å². The fourth-order valence-corrected chi connectivity index (χ4v) is 2.14. The maximum atomic E-state index is 13.3. The predicted octanol–water partition coefficient (Wildman–Crippen LogP) is 4.24. The van der Waals surface area contributed by atoms with Gasteiger partial charge in [-0.05, 0) is 30.5 Å². The highest BCUT2D eigenvalue weighted by Gasteiger charge is 2.15. The van der Waals surface area contributed by atoms with E-state index in [2.05, 4.69) is 48.9 Å². The SMILES string of the molecule is CC(C)CNCC(Oc1cc(F)cc(Br)c1)C(C)C. The van der Waals surface area contributed by atoms with Crippen LogP contribution in [-0.2, 0) is 0 Å². The highest BCUT2D eigenvalue weighted by molar-refractivity contribution is 9.10. The summed E-state index contributed by atoms with van der Waals surface area (Å²) in [5.41, 5.74) is 0. The van der Waals surface area contributed by atoms with Crippen molar-refractivity contribution in [1.29, 1.82) is 0 Å². The van der Waals surface area contributed by atoms with Gasteiger partial charge in [0.15, 0.2) is 0 Å². The molecule has 0 aromatic heterocycles. The average Bonchev–Trinajstić information content (AvgIpc) is 2.25. The number of halogens is 2. The van der Waals surface area contributed by atoms with Crippen LogP contribution in [-0.4, -0.2) is 19.2 Å². The molecular weight excluding hydrogens is 309 g/mol. The molecule has 0 heterocycles. The van der Waals surface area contributed by atoms with Gasteiger partial charge in [-0.15, -0.1) is 0 Å². The number of hydrogen-bond donors (Lipinski definition) is 1. The Hall–Kier alpha value is -0.610. The highest BCUT2D eigenvalue weighted by Crippen LogP contribution is 2.22. The molecule has 1 N–H and O–H groups in total. The first-order chi connectivity index (χ1) is 8.88. The summed E-state index contributed by atoms with van der Waals surface area (Å²) in [4.78, 5) is 0. The minimum absolute atomic E-state index is 0.0347. The molecule has 0 bridgehead atoms. The van der Waals surface area contributed by atoms with Gasteiger partial charge >= 0.3 is 0 Å². The van der Waals surface area contributed by atoms with E-state index in [1.165, 1.54) is 12.1 Å². The van der Waals surface area contributed by atoms with Crippen LogP contribution in [0.2, 0.25) is 0 Å². The van der Waals surface area contributed by atoms with Crippen LogP contribution >= 0.6 is 15.9 Å². The first kappa shape index (κ1) is 16.4. The summed E-state index contributed by atoms with van der Waals surface area (Å²) in [6.07, 6.45) is 0.0347. The molecule has 0 spiro atoms. The zero-order valence-corrected chi connectivity index (χ0v) is 13.6.